The molecule has 0 saturated carbocycles. The van der Waals surface area contributed by atoms with E-state index < -0.39 is 0 Å². The van der Waals surface area contributed by atoms with Gasteiger partial charge in [-0.2, -0.15) is 0 Å². The van der Waals surface area contributed by atoms with Gasteiger partial charge in [0.25, 0.3) is 0 Å². The number of likely N-dealkylation sites (N-methyl/N-ethyl adjacent to an activating group) is 1. The molecule has 0 bridgehead atoms. The lowest BCUT2D eigenvalue weighted by atomic mass is 10.2. The molecule has 0 amide bonds. The number of hydrogen-bond acceptors (Lipinski definition) is 5. The highest BCUT2D eigenvalue weighted by molar-refractivity contribution is 5.81. The van der Waals surface area contributed by atoms with Crippen molar-refractivity contribution in [3.63, 3.8) is 0 Å². The molecular weight excluding hydrogens is 210 g/mol. The molecule has 1 aliphatic rings. The van der Waals surface area contributed by atoms with Crippen molar-refractivity contribution >= 4 is 11.9 Å². The molecule has 1 rings (SSSR count). The zero-order valence-electron chi connectivity index (χ0n) is 10.1. The third-order valence-electron chi connectivity index (χ3n) is 2.81. The fraction of sp³-hybridized carbons (Fsp3) is 0.818. The number of nitrogens with zero attached hydrogens (tertiary/aromatic N) is 1. The van der Waals surface area contributed by atoms with Crippen LogP contribution < -0.4 is 0 Å². The van der Waals surface area contributed by atoms with Crippen LogP contribution in [0.4, 0.5) is 0 Å². The maximum Gasteiger partial charge on any atom is 0.323 e. The summed E-state index contributed by atoms with van der Waals surface area (Å²) in [5.41, 5.74) is 0. The standard InChI is InChI=1S/C11H19NO4/c1-4-15-10(13)8-6-7-9(12(8)3)11(14)16-5-2/h8-9H,4-7H2,1-3H3. The minimum Gasteiger partial charge on any atom is -0.465 e. The Morgan fingerprint density at radius 1 is 1.06 bits per heavy atom. The minimum absolute atomic E-state index is 0.253. The van der Waals surface area contributed by atoms with Crippen LogP contribution in [0.15, 0.2) is 0 Å². The van der Waals surface area contributed by atoms with E-state index in [1.54, 1.807) is 25.8 Å². The molecule has 2 atom stereocenters. The van der Waals surface area contributed by atoms with Crippen molar-refractivity contribution in [2.24, 2.45) is 0 Å². The van der Waals surface area contributed by atoms with Crippen LogP contribution in [0.1, 0.15) is 26.7 Å². The SMILES string of the molecule is CCOC(=O)C1CCC(C(=O)OCC)N1C. The second-order valence-corrected chi connectivity index (χ2v) is 3.78. The monoisotopic (exact) mass is 229 g/mol. The lowest BCUT2D eigenvalue weighted by Crippen LogP contribution is -2.42. The first-order chi connectivity index (χ1) is 7.61. The molecule has 0 aromatic rings. The Hall–Kier alpha value is -1.10. The maximum atomic E-state index is 11.6. The van der Waals surface area contributed by atoms with Crippen molar-refractivity contribution in [1.29, 1.82) is 0 Å². The number of carbonyl (C=O) groups is 2. The van der Waals surface area contributed by atoms with Crippen molar-refractivity contribution in [2.45, 2.75) is 38.8 Å². The molecule has 92 valence electrons. The fourth-order valence-corrected chi connectivity index (χ4v) is 1.99. The zero-order chi connectivity index (χ0) is 12.1. The van der Waals surface area contributed by atoms with Gasteiger partial charge in [-0.1, -0.05) is 0 Å². The van der Waals surface area contributed by atoms with E-state index in [2.05, 4.69) is 0 Å². The van der Waals surface area contributed by atoms with Gasteiger partial charge in [0.15, 0.2) is 0 Å². The van der Waals surface area contributed by atoms with Crippen LogP contribution in [-0.4, -0.2) is 49.2 Å². The summed E-state index contributed by atoms with van der Waals surface area (Å²) in [6, 6.07) is -0.622. The molecule has 2 unspecified atom stereocenters. The molecule has 1 saturated heterocycles. The Bertz CT molecular complexity index is 241. The number of esters is 2. The highest BCUT2D eigenvalue weighted by atomic mass is 16.5. The zero-order valence-corrected chi connectivity index (χ0v) is 10.1. The van der Waals surface area contributed by atoms with Gasteiger partial charge in [0.1, 0.15) is 12.1 Å². The Balaban J connectivity index is 2.56. The van der Waals surface area contributed by atoms with Crippen molar-refractivity contribution in [1.82, 2.24) is 4.90 Å². The number of hydrogen-bond donors (Lipinski definition) is 0. The Kier molecular flexibility index (Phi) is 4.73. The molecule has 0 N–H and O–H groups in total. The van der Waals surface area contributed by atoms with Crippen LogP contribution in [0.25, 0.3) is 0 Å². The summed E-state index contributed by atoms with van der Waals surface area (Å²) in [6.45, 7) is 4.28. The average Bonchev–Trinajstić information content (AvgIpc) is 2.61. The van der Waals surface area contributed by atoms with E-state index in [0.717, 1.165) is 0 Å². The summed E-state index contributed by atoms with van der Waals surface area (Å²) in [6.07, 6.45) is 1.30. The van der Waals surface area contributed by atoms with Crippen molar-refractivity contribution in [3.8, 4) is 0 Å². The summed E-state index contributed by atoms with van der Waals surface area (Å²) in [7, 11) is 1.76. The van der Waals surface area contributed by atoms with Gasteiger partial charge in [0, 0.05) is 0 Å². The van der Waals surface area contributed by atoms with E-state index in [1.807, 2.05) is 0 Å². The highest BCUT2D eigenvalue weighted by Crippen LogP contribution is 2.24. The maximum absolute atomic E-state index is 11.6. The first-order valence-electron chi connectivity index (χ1n) is 5.67. The highest BCUT2D eigenvalue weighted by Gasteiger charge is 2.40. The molecule has 5 heteroatoms. The van der Waals surface area contributed by atoms with Gasteiger partial charge in [0.05, 0.1) is 13.2 Å². The smallest absolute Gasteiger partial charge is 0.323 e. The topological polar surface area (TPSA) is 55.8 Å². The van der Waals surface area contributed by atoms with E-state index in [9.17, 15) is 9.59 Å². The molecule has 0 spiro atoms. The summed E-state index contributed by atoms with van der Waals surface area (Å²) in [5, 5.41) is 0. The van der Waals surface area contributed by atoms with Crippen LogP contribution >= 0.6 is 0 Å². The van der Waals surface area contributed by atoms with Crippen LogP contribution in [-0.2, 0) is 19.1 Å². The van der Waals surface area contributed by atoms with Crippen molar-refractivity contribution in [3.05, 3.63) is 0 Å². The van der Waals surface area contributed by atoms with E-state index in [4.69, 9.17) is 9.47 Å². The molecule has 16 heavy (non-hydrogen) atoms. The van der Waals surface area contributed by atoms with Gasteiger partial charge in [-0.05, 0) is 33.7 Å². The predicted octanol–water partition coefficient (Wildman–Crippen LogP) is 0.575. The number of carbonyl (C=O) groups excluding carboxylic acids is 2. The van der Waals surface area contributed by atoms with E-state index in [0.29, 0.717) is 26.1 Å². The van der Waals surface area contributed by atoms with E-state index in [1.165, 1.54) is 0 Å². The number of ether oxygens (including phenoxy) is 2. The van der Waals surface area contributed by atoms with Gasteiger partial charge in [0.2, 0.25) is 0 Å². The van der Waals surface area contributed by atoms with E-state index >= 15 is 0 Å². The van der Waals surface area contributed by atoms with Gasteiger partial charge in [-0.3, -0.25) is 14.5 Å². The molecule has 1 aliphatic heterocycles. The summed E-state index contributed by atoms with van der Waals surface area (Å²) < 4.78 is 9.90. The minimum atomic E-state index is -0.311. The molecule has 5 nitrogen and oxygen atoms in total. The lowest BCUT2D eigenvalue weighted by molar-refractivity contribution is -0.152. The fourth-order valence-electron chi connectivity index (χ4n) is 1.99. The van der Waals surface area contributed by atoms with E-state index in [-0.39, 0.29) is 24.0 Å². The van der Waals surface area contributed by atoms with Crippen LogP contribution in [0.3, 0.4) is 0 Å². The molecule has 0 aliphatic carbocycles. The molecule has 1 fully saturated rings. The molecule has 0 radical (unpaired) electrons. The predicted molar refractivity (Wildman–Crippen MR) is 57.8 cm³/mol. The van der Waals surface area contributed by atoms with Crippen molar-refractivity contribution < 1.29 is 19.1 Å². The van der Waals surface area contributed by atoms with Crippen LogP contribution in [0.5, 0.6) is 0 Å². The summed E-state index contributed by atoms with van der Waals surface area (Å²) in [5.74, 6) is -0.506. The van der Waals surface area contributed by atoms with Gasteiger partial charge in [-0.15, -0.1) is 0 Å². The Morgan fingerprint density at radius 3 is 1.75 bits per heavy atom. The van der Waals surface area contributed by atoms with Crippen LogP contribution in [0.2, 0.25) is 0 Å². The quantitative estimate of drug-likeness (QED) is 0.660. The average molecular weight is 229 g/mol. The molecule has 0 aromatic carbocycles. The Labute approximate surface area is 95.7 Å². The lowest BCUT2D eigenvalue weighted by Gasteiger charge is -2.22. The number of rotatable bonds is 4. The number of likely N-dealkylation sites (tertiary alicyclic amines) is 1. The third kappa shape index (κ3) is 2.72. The summed E-state index contributed by atoms with van der Waals surface area (Å²) in [4.78, 5) is 24.9. The molecule has 0 aromatic heterocycles. The van der Waals surface area contributed by atoms with Gasteiger partial charge >= 0.3 is 11.9 Å². The first kappa shape index (κ1) is 13.0. The third-order valence-corrected chi connectivity index (χ3v) is 2.81. The van der Waals surface area contributed by atoms with Crippen LogP contribution in [0, 0.1) is 0 Å². The second kappa shape index (κ2) is 5.84. The summed E-state index contributed by atoms with van der Waals surface area (Å²) >= 11 is 0. The normalized spacial score (nSPS) is 25.4. The molecule has 1 heterocycles. The van der Waals surface area contributed by atoms with Crippen molar-refractivity contribution in [2.75, 3.05) is 20.3 Å². The molecular formula is C11H19NO4. The van der Waals surface area contributed by atoms with Gasteiger partial charge < -0.3 is 9.47 Å². The second-order valence-electron chi connectivity index (χ2n) is 3.78. The largest absolute Gasteiger partial charge is 0.465 e. The Morgan fingerprint density at radius 2 is 1.44 bits per heavy atom. The first-order valence-corrected chi connectivity index (χ1v) is 5.67. The van der Waals surface area contributed by atoms with Gasteiger partial charge in [-0.25, -0.2) is 0 Å².